The number of carbonyl (C=O) groups excluding carboxylic acids is 4. The summed E-state index contributed by atoms with van der Waals surface area (Å²) in [4.78, 5) is 50.2. The van der Waals surface area contributed by atoms with E-state index in [2.05, 4.69) is 20.3 Å². The van der Waals surface area contributed by atoms with Crippen LogP contribution in [0.15, 0.2) is 0 Å². The Morgan fingerprint density at radius 2 is 1.15 bits per heavy atom. The molecule has 13 heteroatoms. The van der Waals surface area contributed by atoms with Crippen LogP contribution in [0.25, 0.3) is 0 Å². The van der Waals surface area contributed by atoms with E-state index in [9.17, 15) is 19.2 Å². The van der Waals surface area contributed by atoms with Crippen molar-refractivity contribution >= 4 is 32.7 Å². The average molecular weight is 306 g/mol. The Bertz CT molecular complexity index is 361. The number of hydrogen-bond acceptors (Lipinski definition) is 4. The molecule has 0 aliphatic rings. The molecule has 0 saturated heterocycles. The van der Waals surface area contributed by atoms with Gasteiger partial charge in [0.15, 0.2) is 0 Å². The molecule has 0 radical (unpaired) electrons. The van der Waals surface area contributed by atoms with E-state index >= 15 is 0 Å². The molecule has 0 rings (SSSR count). The van der Waals surface area contributed by atoms with Crippen molar-refractivity contribution in [3.8, 4) is 0 Å². The monoisotopic (exact) mass is 306 g/mol. The van der Waals surface area contributed by atoms with Crippen LogP contribution in [0.5, 0.6) is 0 Å². The molecule has 0 aromatic heterocycles. The number of urea groups is 4. The van der Waals surface area contributed by atoms with Crippen LogP contribution in [-0.2, 0) is 0 Å². The molecule has 0 unspecified atom stereocenters. The molecule has 0 aliphatic carbocycles. The zero-order valence-corrected chi connectivity index (χ0v) is 11.6. The van der Waals surface area contributed by atoms with Crippen molar-refractivity contribution in [1.82, 2.24) is 20.3 Å². The van der Waals surface area contributed by atoms with E-state index in [1.807, 2.05) is 0 Å². The molecule has 114 valence electrons. The molecule has 20 heavy (non-hydrogen) atoms. The molecule has 0 saturated carbocycles. The minimum absolute atomic E-state index is 0.0854. The largest absolute Gasteiger partial charge is 0.383 e. The molecule has 0 heterocycles. The lowest BCUT2D eigenvalue weighted by Gasteiger charge is -2.30. The molecular weight excluding hydrogens is 288 g/mol. The maximum Gasteiger partial charge on any atom is 0.383 e. The zero-order valence-electron chi connectivity index (χ0n) is 10.6. The molecule has 12 N–H and O–H groups in total. The number of nitrogens with two attached hydrogens (primary N) is 4. The van der Waals surface area contributed by atoms with E-state index in [1.165, 1.54) is 0 Å². The van der Waals surface area contributed by atoms with Crippen LogP contribution in [0.4, 0.5) is 19.2 Å². The molecule has 8 amide bonds. The molecule has 0 fully saturated rings. The second-order valence-corrected chi connectivity index (χ2v) is 6.83. The van der Waals surface area contributed by atoms with Crippen molar-refractivity contribution in [2.24, 2.45) is 22.9 Å². The maximum atomic E-state index is 11.0. The summed E-state index contributed by atoms with van der Waals surface area (Å²) in [5.74, 6) is 0. The number of primary amides is 4. The fourth-order valence-corrected chi connectivity index (χ4v) is 4.01. The van der Waals surface area contributed by atoms with Crippen LogP contribution in [0, 0.1) is 0 Å². The first-order chi connectivity index (χ1) is 9.17. The zero-order chi connectivity index (χ0) is 15.8. The Balaban J connectivity index is 4.85. The van der Waals surface area contributed by atoms with Crippen LogP contribution in [0.3, 0.4) is 0 Å². The highest BCUT2D eigenvalue weighted by Crippen LogP contribution is 2.02. The Kier molecular flexibility index (Phi) is 6.63. The van der Waals surface area contributed by atoms with Gasteiger partial charge in [-0.2, -0.15) is 0 Å². The van der Waals surface area contributed by atoms with Crippen LogP contribution < -0.4 is 43.2 Å². The molecule has 12 nitrogen and oxygen atoms in total. The topological polar surface area (TPSA) is 220 Å². The van der Waals surface area contributed by atoms with Gasteiger partial charge in [0, 0.05) is 12.6 Å². The van der Waals surface area contributed by atoms with E-state index < -0.39 is 32.7 Å². The molecule has 0 atom stereocenters. The van der Waals surface area contributed by atoms with Gasteiger partial charge in [0.25, 0.3) is 0 Å². The number of nitrogens with one attached hydrogen (secondary N) is 4. The predicted molar refractivity (Wildman–Crippen MR) is 70.9 cm³/mol. The Labute approximate surface area is 115 Å². The van der Waals surface area contributed by atoms with Crippen molar-refractivity contribution < 1.29 is 19.2 Å². The minimum atomic E-state index is -3.42. The Morgan fingerprint density at radius 3 is 1.45 bits per heavy atom. The molecule has 0 aromatic rings. The summed E-state index contributed by atoms with van der Waals surface area (Å²) in [6.07, 6.45) is 0.274. The second-order valence-electron chi connectivity index (χ2n) is 3.77. The highest BCUT2D eigenvalue weighted by Gasteiger charge is 2.39. The van der Waals surface area contributed by atoms with Crippen LogP contribution in [-0.4, -0.2) is 39.2 Å². The van der Waals surface area contributed by atoms with Crippen molar-refractivity contribution in [1.29, 1.82) is 0 Å². The second kappa shape index (κ2) is 7.67. The Hall–Kier alpha value is -2.70. The van der Waals surface area contributed by atoms with Gasteiger partial charge in [-0.25, -0.2) is 19.2 Å². The standard InChI is InChI=1S/C7H18N8O4Si/c8-4(16)12-2-1-3-20(13-5(9)17,14-6(10)18)15-7(11)19/h1-3H2,(H3,8,12,16)(H3,9,13,17)(H3,10,14,18)(H3,11,15,19). The van der Waals surface area contributed by atoms with Crippen LogP contribution >= 0.6 is 0 Å². The molecular formula is C7H18N8O4Si. The first-order valence-electron chi connectivity index (χ1n) is 5.43. The summed E-state index contributed by atoms with van der Waals surface area (Å²) in [5, 5.41) is 2.31. The third kappa shape index (κ3) is 7.59. The highest BCUT2D eigenvalue weighted by molar-refractivity contribution is 6.78. The van der Waals surface area contributed by atoms with Crippen molar-refractivity contribution in [2.45, 2.75) is 12.5 Å². The molecule has 0 aromatic carbocycles. The molecule has 0 aliphatic heterocycles. The summed E-state index contributed by atoms with van der Waals surface area (Å²) in [6.45, 7) is 0.158. The van der Waals surface area contributed by atoms with Gasteiger partial charge in [0.1, 0.15) is 0 Å². The number of hydrogen-bond donors (Lipinski definition) is 8. The van der Waals surface area contributed by atoms with Crippen molar-refractivity contribution in [3.63, 3.8) is 0 Å². The quantitative estimate of drug-likeness (QED) is 0.182. The highest BCUT2D eigenvalue weighted by atomic mass is 28.4. The van der Waals surface area contributed by atoms with Gasteiger partial charge in [-0.15, -0.1) is 0 Å². The van der Waals surface area contributed by atoms with Gasteiger partial charge in [0.05, 0.1) is 0 Å². The van der Waals surface area contributed by atoms with Gasteiger partial charge in [-0.05, 0) is 6.42 Å². The number of rotatable bonds is 7. The molecule has 0 spiro atoms. The lowest BCUT2D eigenvalue weighted by Crippen LogP contribution is -2.77. The predicted octanol–water partition coefficient (Wildman–Crippen LogP) is -3.01. The summed E-state index contributed by atoms with van der Waals surface area (Å²) < 4.78 is 0. The number of amides is 8. The Morgan fingerprint density at radius 1 is 0.750 bits per heavy atom. The number of carbonyl (C=O) groups is 4. The first-order valence-corrected chi connectivity index (χ1v) is 7.64. The normalized spacial score (nSPS) is 10.2. The fraction of sp³-hybridized carbons (Fsp3) is 0.429. The van der Waals surface area contributed by atoms with Gasteiger partial charge in [-0.3, -0.25) is 0 Å². The maximum absolute atomic E-state index is 11.0. The van der Waals surface area contributed by atoms with Gasteiger partial charge in [-0.1, -0.05) is 0 Å². The summed E-state index contributed by atoms with van der Waals surface area (Å²) >= 11 is 0. The third-order valence-electron chi connectivity index (χ3n) is 2.04. The lowest BCUT2D eigenvalue weighted by molar-refractivity contribution is 0.246. The lowest BCUT2D eigenvalue weighted by atomic mass is 10.5. The van der Waals surface area contributed by atoms with Gasteiger partial charge < -0.3 is 43.2 Å². The summed E-state index contributed by atoms with van der Waals surface area (Å²) in [6, 6.07) is -3.56. The minimum Gasteiger partial charge on any atom is -0.352 e. The SMILES string of the molecule is NC(=O)NCCC[Si](NC(N)=O)(NC(N)=O)NC(N)=O. The fourth-order valence-electron chi connectivity index (χ4n) is 1.48. The van der Waals surface area contributed by atoms with E-state index in [4.69, 9.17) is 22.9 Å². The van der Waals surface area contributed by atoms with Gasteiger partial charge >= 0.3 is 32.7 Å². The van der Waals surface area contributed by atoms with Crippen molar-refractivity contribution in [2.75, 3.05) is 6.54 Å². The van der Waals surface area contributed by atoms with E-state index in [1.54, 1.807) is 0 Å². The van der Waals surface area contributed by atoms with Gasteiger partial charge in [0.2, 0.25) is 0 Å². The van der Waals surface area contributed by atoms with E-state index in [-0.39, 0.29) is 19.0 Å². The van der Waals surface area contributed by atoms with Crippen LogP contribution in [0.1, 0.15) is 6.42 Å². The summed E-state index contributed by atoms with van der Waals surface area (Å²) in [7, 11) is -3.42. The van der Waals surface area contributed by atoms with E-state index in [0.717, 1.165) is 0 Å². The van der Waals surface area contributed by atoms with Crippen molar-refractivity contribution in [3.05, 3.63) is 0 Å². The smallest absolute Gasteiger partial charge is 0.352 e. The average Bonchev–Trinajstić information content (AvgIpc) is 2.20. The third-order valence-corrected chi connectivity index (χ3v) is 5.16. The van der Waals surface area contributed by atoms with E-state index in [0.29, 0.717) is 0 Å². The summed E-state index contributed by atoms with van der Waals surface area (Å²) in [5.41, 5.74) is 19.9. The molecule has 0 bridgehead atoms. The first kappa shape index (κ1) is 17.3. The van der Waals surface area contributed by atoms with Crippen LogP contribution in [0.2, 0.25) is 6.04 Å².